The molecule has 0 heterocycles. The van der Waals surface area contributed by atoms with E-state index in [1.165, 1.54) is 0 Å². The average Bonchev–Trinajstić information content (AvgIpc) is 2.54. The van der Waals surface area contributed by atoms with Gasteiger partial charge in [0.25, 0.3) is 0 Å². The normalized spacial score (nSPS) is 21.3. The van der Waals surface area contributed by atoms with Crippen LogP contribution in [0.5, 0.6) is 0 Å². The summed E-state index contributed by atoms with van der Waals surface area (Å²) >= 11 is 3.37. The number of halogens is 1. The quantitative estimate of drug-likeness (QED) is 0.790. The number of aliphatic hydroxyl groups excluding tert-OH is 1. The van der Waals surface area contributed by atoms with Crippen molar-refractivity contribution in [3.63, 3.8) is 0 Å². The summed E-state index contributed by atoms with van der Waals surface area (Å²) in [7, 11) is 0. The van der Waals surface area contributed by atoms with Gasteiger partial charge in [0.15, 0.2) is 5.78 Å². The molecule has 0 aromatic heterocycles. The lowest BCUT2D eigenvalue weighted by molar-refractivity contribution is -0.136. The second kappa shape index (κ2) is 7.01. The monoisotopic (exact) mass is 390 g/mol. The zero-order valence-electron chi connectivity index (χ0n) is 13.3. The molecule has 1 fully saturated rings. The Balaban J connectivity index is 2.13. The first-order chi connectivity index (χ1) is 11.5. The number of aliphatic hydroxyl groups is 1. The number of carbonyl (C=O) groups excluding carboxylic acids is 3. The van der Waals surface area contributed by atoms with Crippen LogP contribution in [0.4, 0.5) is 0 Å². The Hall–Kier alpha value is -1.75. The van der Waals surface area contributed by atoms with Crippen molar-refractivity contribution in [1.29, 1.82) is 0 Å². The lowest BCUT2D eigenvalue weighted by Gasteiger charge is -2.31. The highest BCUT2D eigenvalue weighted by Gasteiger charge is 2.42. The van der Waals surface area contributed by atoms with Crippen LogP contribution < -0.4 is 0 Å². The maximum Gasteiger partial charge on any atom is 0.162 e. The highest BCUT2D eigenvalue weighted by Crippen LogP contribution is 2.41. The van der Waals surface area contributed by atoms with Crippen molar-refractivity contribution in [2.75, 3.05) is 0 Å². The molecule has 0 bridgehead atoms. The third-order valence-corrected chi connectivity index (χ3v) is 5.37. The fraction of sp³-hybridized carbons (Fsp3) is 0.421. The molecule has 0 aliphatic heterocycles. The SMILES string of the molecule is O=C1CCCC(O)=C1[C@H](c1ccc(Br)cc1)C1C(=O)CCCC1=O. The summed E-state index contributed by atoms with van der Waals surface area (Å²) in [6, 6.07) is 7.27. The average molecular weight is 391 g/mol. The second-order valence-corrected chi connectivity index (χ2v) is 7.35. The summed E-state index contributed by atoms with van der Waals surface area (Å²) in [6.07, 6.45) is 2.65. The number of rotatable bonds is 3. The minimum Gasteiger partial charge on any atom is -0.512 e. The van der Waals surface area contributed by atoms with Gasteiger partial charge < -0.3 is 5.11 Å². The van der Waals surface area contributed by atoms with Gasteiger partial charge in [0.2, 0.25) is 0 Å². The van der Waals surface area contributed by atoms with Crippen molar-refractivity contribution in [2.24, 2.45) is 5.92 Å². The van der Waals surface area contributed by atoms with Crippen molar-refractivity contribution in [1.82, 2.24) is 0 Å². The largest absolute Gasteiger partial charge is 0.512 e. The number of carbonyl (C=O) groups is 3. The molecule has 24 heavy (non-hydrogen) atoms. The van der Waals surface area contributed by atoms with Gasteiger partial charge >= 0.3 is 0 Å². The number of hydrogen-bond donors (Lipinski definition) is 1. The number of hydrogen-bond acceptors (Lipinski definition) is 4. The third kappa shape index (κ3) is 3.22. The van der Waals surface area contributed by atoms with E-state index in [9.17, 15) is 19.5 Å². The van der Waals surface area contributed by atoms with Gasteiger partial charge in [0.1, 0.15) is 11.6 Å². The molecule has 2 aliphatic rings. The van der Waals surface area contributed by atoms with Gasteiger partial charge in [-0.25, -0.2) is 0 Å². The first-order valence-corrected chi connectivity index (χ1v) is 9.04. The minimum absolute atomic E-state index is 0.0327. The molecule has 126 valence electrons. The third-order valence-electron chi connectivity index (χ3n) is 4.84. The van der Waals surface area contributed by atoms with Crippen LogP contribution in [0.25, 0.3) is 0 Å². The molecule has 0 saturated heterocycles. The van der Waals surface area contributed by atoms with Gasteiger partial charge in [-0.05, 0) is 30.5 Å². The van der Waals surface area contributed by atoms with Crippen molar-refractivity contribution in [3.05, 3.63) is 45.6 Å². The molecular weight excluding hydrogens is 372 g/mol. The predicted octanol–water partition coefficient (Wildman–Crippen LogP) is 4.04. The first kappa shape index (κ1) is 17.1. The molecule has 4 nitrogen and oxygen atoms in total. The van der Waals surface area contributed by atoms with Gasteiger partial charge in [-0.2, -0.15) is 0 Å². The Kier molecular flexibility index (Phi) is 4.99. The lowest BCUT2D eigenvalue weighted by atomic mass is 9.69. The van der Waals surface area contributed by atoms with E-state index >= 15 is 0 Å². The fourth-order valence-corrected chi connectivity index (χ4v) is 3.96. The van der Waals surface area contributed by atoms with E-state index in [-0.39, 0.29) is 28.7 Å². The van der Waals surface area contributed by atoms with Crippen LogP contribution in [-0.4, -0.2) is 22.5 Å². The molecule has 5 heteroatoms. The smallest absolute Gasteiger partial charge is 0.162 e. The minimum atomic E-state index is -0.862. The first-order valence-electron chi connectivity index (χ1n) is 8.25. The zero-order valence-corrected chi connectivity index (χ0v) is 14.8. The van der Waals surface area contributed by atoms with E-state index < -0.39 is 11.8 Å². The summed E-state index contributed by atoms with van der Waals surface area (Å²) in [5.41, 5.74) is 0.987. The molecule has 0 spiro atoms. The van der Waals surface area contributed by atoms with Gasteiger partial charge in [0.05, 0.1) is 11.7 Å². The fourth-order valence-electron chi connectivity index (χ4n) is 3.69. The number of benzene rings is 1. The van der Waals surface area contributed by atoms with E-state index in [1.807, 2.05) is 24.3 Å². The Labute approximate surface area is 149 Å². The van der Waals surface area contributed by atoms with E-state index in [0.29, 0.717) is 38.5 Å². The van der Waals surface area contributed by atoms with Gasteiger partial charge in [-0.1, -0.05) is 28.1 Å². The molecule has 1 atom stereocenters. The highest BCUT2D eigenvalue weighted by atomic mass is 79.9. The number of Topliss-reactive ketones (excluding diaryl/α,β-unsaturated/α-hetero) is 3. The molecule has 1 saturated carbocycles. The molecule has 0 radical (unpaired) electrons. The van der Waals surface area contributed by atoms with Crippen LogP contribution in [0.1, 0.15) is 50.0 Å². The van der Waals surface area contributed by atoms with Crippen LogP contribution in [0, 0.1) is 5.92 Å². The molecule has 0 unspecified atom stereocenters. The van der Waals surface area contributed by atoms with Crippen LogP contribution in [-0.2, 0) is 14.4 Å². The van der Waals surface area contributed by atoms with Crippen molar-refractivity contribution in [3.8, 4) is 0 Å². The van der Waals surface area contributed by atoms with Crippen molar-refractivity contribution in [2.45, 2.75) is 44.4 Å². The van der Waals surface area contributed by atoms with E-state index in [0.717, 1.165) is 10.0 Å². The lowest BCUT2D eigenvalue weighted by Crippen LogP contribution is -2.37. The van der Waals surface area contributed by atoms with Gasteiger partial charge in [-0.15, -0.1) is 0 Å². The second-order valence-electron chi connectivity index (χ2n) is 6.43. The molecular formula is C19H19BrO4. The molecule has 1 aromatic rings. The van der Waals surface area contributed by atoms with Crippen LogP contribution in [0.15, 0.2) is 40.1 Å². The Morgan fingerprint density at radius 1 is 0.917 bits per heavy atom. The van der Waals surface area contributed by atoms with Crippen molar-refractivity contribution < 1.29 is 19.5 Å². The number of allylic oxidation sites excluding steroid dienone is 2. The van der Waals surface area contributed by atoms with E-state index in [2.05, 4.69) is 15.9 Å². The summed E-state index contributed by atoms with van der Waals surface area (Å²) in [5.74, 6) is -1.91. The van der Waals surface area contributed by atoms with Crippen molar-refractivity contribution >= 4 is 33.3 Å². The zero-order chi connectivity index (χ0) is 17.3. The van der Waals surface area contributed by atoms with Crippen LogP contribution in [0.3, 0.4) is 0 Å². The molecule has 1 aromatic carbocycles. The summed E-state index contributed by atoms with van der Waals surface area (Å²) < 4.78 is 0.875. The van der Waals surface area contributed by atoms with E-state index in [4.69, 9.17) is 0 Å². The van der Waals surface area contributed by atoms with Crippen LogP contribution in [0.2, 0.25) is 0 Å². The topological polar surface area (TPSA) is 71.4 Å². The Morgan fingerprint density at radius 3 is 2.08 bits per heavy atom. The van der Waals surface area contributed by atoms with E-state index in [1.54, 1.807) is 0 Å². The predicted molar refractivity (Wildman–Crippen MR) is 92.8 cm³/mol. The standard InChI is InChI=1S/C19H19BrO4/c20-12-9-7-11(8-10-12)17(18-13(21)3-1-4-14(18)22)19-15(23)5-2-6-16(19)24/h7-10,17-18,23H,1-6H2/t17-/m1/s1. The maximum atomic E-state index is 12.5. The highest BCUT2D eigenvalue weighted by molar-refractivity contribution is 9.10. The molecule has 1 N–H and O–H groups in total. The molecule has 3 rings (SSSR count). The van der Waals surface area contributed by atoms with Gasteiger partial charge in [-0.3, -0.25) is 14.4 Å². The maximum absolute atomic E-state index is 12.5. The number of ketones is 3. The van der Waals surface area contributed by atoms with Gasteiger partial charge in [0, 0.05) is 41.6 Å². The molecule has 2 aliphatic carbocycles. The Morgan fingerprint density at radius 2 is 1.50 bits per heavy atom. The molecule has 0 amide bonds. The summed E-state index contributed by atoms with van der Waals surface area (Å²) in [6.45, 7) is 0. The Bertz CT molecular complexity index is 701. The summed E-state index contributed by atoms with van der Waals surface area (Å²) in [5, 5.41) is 10.4. The summed E-state index contributed by atoms with van der Waals surface area (Å²) in [4.78, 5) is 37.5. The van der Waals surface area contributed by atoms with Crippen LogP contribution >= 0.6 is 15.9 Å².